The van der Waals surface area contributed by atoms with Crippen LogP contribution in [0.1, 0.15) is 12.8 Å². The third-order valence-electron chi connectivity index (χ3n) is 2.63. The van der Waals surface area contributed by atoms with E-state index < -0.39 is 0 Å². The Kier molecular flexibility index (Phi) is 2.35. The van der Waals surface area contributed by atoms with E-state index in [9.17, 15) is 0 Å². The Morgan fingerprint density at radius 1 is 1.55 bits per heavy atom. The van der Waals surface area contributed by atoms with E-state index in [1.165, 1.54) is 19.4 Å². The molecule has 2 aliphatic rings. The topological polar surface area (TPSA) is 12.5 Å². The summed E-state index contributed by atoms with van der Waals surface area (Å²) in [4.78, 5) is 2.51. The van der Waals surface area contributed by atoms with Crippen molar-refractivity contribution in [3.05, 3.63) is 0 Å². The molecule has 0 radical (unpaired) electrons. The van der Waals surface area contributed by atoms with E-state index in [1.807, 2.05) is 0 Å². The monoisotopic (exact) mass is 175 g/mol. The van der Waals surface area contributed by atoms with Gasteiger partial charge in [0.1, 0.15) is 0 Å². The summed E-state index contributed by atoms with van der Waals surface area (Å²) in [6.07, 6.45) is 2.93. The quantitative estimate of drug-likeness (QED) is 0.554. The van der Waals surface area contributed by atoms with Gasteiger partial charge in [-0.2, -0.15) is 0 Å². The lowest BCUT2D eigenvalue weighted by Gasteiger charge is -2.34. The molecule has 2 rings (SSSR count). The second kappa shape index (κ2) is 3.30. The van der Waals surface area contributed by atoms with Gasteiger partial charge >= 0.3 is 0 Å². The standard InChI is InChI=1S/C8H14ClNO/c9-4-8-5-10-3-1-2-7(10)6-11-8/h7-8H,1-6H2/t7-,8+/m0/s1. The van der Waals surface area contributed by atoms with Crippen molar-refractivity contribution in [3.63, 3.8) is 0 Å². The van der Waals surface area contributed by atoms with Crippen molar-refractivity contribution in [2.45, 2.75) is 25.0 Å². The van der Waals surface area contributed by atoms with Gasteiger partial charge in [0, 0.05) is 18.5 Å². The van der Waals surface area contributed by atoms with E-state index in [0.717, 1.165) is 13.2 Å². The van der Waals surface area contributed by atoms with Gasteiger partial charge < -0.3 is 4.74 Å². The summed E-state index contributed by atoms with van der Waals surface area (Å²) in [7, 11) is 0. The molecule has 2 atom stereocenters. The van der Waals surface area contributed by atoms with E-state index in [4.69, 9.17) is 16.3 Å². The van der Waals surface area contributed by atoms with Gasteiger partial charge in [-0.3, -0.25) is 4.90 Å². The Morgan fingerprint density at radius 2 is 2.45 bits per heavy atom. The predicted molar refractivity (Wildman–Crippen MR) is 45.1 cm³/mol. The molecule has 0 amide bonds. The molecule has 0 aromatic carbocycles. The first-order valence-corrected chi connectivity index (χ1v) is 4.85. The fourth-order valence-corrected chi connectivity index (χ4v) is 2.17. The van der Waals surface area contributed by atoms with Gasteiger partial charge in [-0.15, -0.1) is 11.6 Å². The molecule has 2 fully saturated rings. The number of rotatable bonds is 1. The van der Waals surface area contributed by atoms with Crippen LogP contribution in [0.5, 0.6) is 0 Å². The van der Waals surface area contributed by atoms with Gasteiger partial charge in [-0.05, 0) is 19.4 Å². The molecule has 0 aliphatic carbocycles. The molecule has 0 saturated carbocycles. The molecule has 3 heteroatoms. The Morgan fingerprint density at radius 3 is 3.27 bits per heavy atom. The smallest absolute Gasteiger partial charge is 0.0837 e. The third-order valence-corrected chi connectivity index (χ3v) is 2.98. The normalized spacial score (nSPS) is 39.0. The number of alkyl halides is 1. The summed E-state index contributed by atoms with van der Waals surface area (Å²) in [5.41, 5.74) is 0. The molecule has 0 unspecified atom stereocenters. The van der Waals surface area contributed by atoms with Crippen LogP contribution < -0.4 is 0 Å². The van der Waals surface area contributed by atoms with Crippen molar-refractivity contribution >= 4 is 11.6 Å². The lowest BCUT2D eigenvalue weighted by Crippen LogP contribution is -2.46. The minimum Gasteiger partial charge on any atom is -0.374 e. The Balaban J connectivity index is 1.91. The predicted octanol–water partition coefficient (Wildman–Crippen LogP) is 1.09. The number of hydrogen-bond acceptors (Lipinski definition) is 2. The van der Waals surface area contributed by atoms with E-state index in [-0.39, 0.29) is 6.10 Å². The molecular formula is C8H14ClNO. The SMILES string of the molecule is ClC[C@@H]1CN2CCC[C@H]2CO1. The molecule has 0 aromatic rings. The van der Waals surface area contributed by atoms with Crippen molar-refractivity contribution in [3.8, 4) is 0 Å². The maximum absolute atomic E-state index is 5.72. The Labute approximate surface area is 72.5 Å². The molecule has 0 spiro atoms. The molecule has 11 heavy (non-hydrogen) atoms. The van der Waals surface area contributed by atoms with Gasteiger partial charge in [-0.25, -0.2) is 0 Å². The van der Waals surface area contributed by atoms with Crippen LogP contribution in [-0.4, -0.2) is 42.6 Å². The number of nitrogens with zero attached hydrogens (tertiary/aromatic N) is 1. The van der Waals surface area contributed by atoms with Crippen molar-refractivity contribution in [1.29, 1.82) is 0 Å². The lowest BCUT2D eigenvalue weighted by atomic mass is 10.2. The molecule has 2 saturated heterocycles. The number of fused-ring (bicyclic) bond motifs is 1. The average molecular weight is 176 g/mol. The molecule has 0 N–H and O–H groups in total. The summed E-state index contributed by atoms with van der Waals surface area (Å²) in [5, 5.41) is 0. The zero-order chi connectivity index (χ0) is 7.68. The van der Waals surface area contributed by atoms with Crippen molar-refractivity contribution in [2.75, 3.05) is 25.6 Å². The highest BCUT2D eigenvalue weighted by Crippen LogP contribution is 2.22. The van der Waals surface area contributed by atoms with Crippen LogP contribution in [0.25, 0.3) is 0 Å². The van der Waals surface area contributed by atoms with Crippen LogP contribution in [0.2, 0.25) is 0 Å². The summed E-state index contributed by atoms with van der Waals surface area (Å²) >= 11 is 5.72. The highest BCUT2D eigenvalue weighted by Gasteiger charge is 2.31. The Bertz CT molecular complexity index is 142. The van der Waals surface area contributed by atoms with Crippen LogP contribution in [0, 0.1) is 0 Å². The average Bonchev–Trinajstić information content (AvgIpc) is 2.50. The highest BCUT2D eigenvalue weighted by atomic mass is 35.5. The second-order valence-electron chi connectivity index (χ2n) is 3.40. The van der Waals surface area contributed by atoms with E-state index in [2.05, 4.69) is 4.90 Å². The minimum absolute atomic E-state index is 0.283. The first-order valence-electron chi connectivity index (χ1n) is 4.32. The van der Waals surface area contributed by atoms with Gasteiger partial charge in [0.2, 0.25) is 0 Å². The van der Waals surface area contributed by atoms with Crippen LogP contribution in [-0.2, 0) is 4.74 Å². The highest BCUT2D eigenvalue weighted by molar-refractivity contribution is 6.18. The number of ether oxygens (including phenoxy) is 1. The van der Waals surface area contributed by atoms with Crippen LogP contribution in [0.4, 0.5) is 0 Å². The second-order valence-corrected chi connectivity index (χ2v) is 3.71. The summed E-state index contributed by atoms with van der Waals surface area (Å²) in [6.45, 7) is 3.20. The maximum Gasteiger partial charge on any atom is 0.0837 e. The van der Waals surface area contributed by atoms with Crippen molar-refractivity contribution in [2.24, 2.45) is 0 Å². The minimum atomic E-state index is 0.283. The number of halogens is 1. The molecule has 2 aliphatic heterocycles. The number of hydrogen-bond donors (Lipinski definition) is 0. The maximum atomic E-state index is 5.72. The third kappa shape index (κ3) is 1.53. The van der Waals surface area contributed by atoms with Crippen LogP contribution >= 0.6 is 11.6 Å². The molecule has 2 heterocycles. The first-order chi connectivity index (χ1) is 5.40. The summed E-state index contributed by atoms with van der Waals surface area (Å²) in [5.74, 6) is 0.642. The van der Waals surface area contributed by atoms with Gasteiger partial charge in [0.05, 0.1) is 12.7 Å². The fourth-order valence-electron chi connectivity index (χ4n) is 1.98. The fraction of sp³-hybridized carbons (Fsp3) is 1.00. The van der Waals surface area contributed by atoms with Crippen molar-refractivity contribution in [1.82, 2.24) is 4.90 Å². The zero-order valence-corrected chi connectivity index (χ0v) is 7.39. The van der Waals surface area contributed by atoms with Gasteiger partial charge in [0.15, 0.2) is 0 Å². The Hall–Kier alpha value is 0.210. The summed E-state index contributed by atoms with van der Waals surface area (Å²) < 4.78 is 5.57. The largest absolute Gasteiger partial charge is 0.374 e. The molecule has 0 bridgehead atoms. The van der Waals surface area contributed by atoms with Crippen molar-refractivity contribution < 1.29 is 4.74 Å². The number of morpholine rings is 1. The molecular weight excluding hydrogens is 162 g/mol. The van der Waals surface area contributed by atoms with Crippen LogP contribution in [0.15, 0.2) is 0 Å². The van der Waals surface area contributed by atoms with E-state index >= 15 is 0 Å². The zero-order valence-electron chi connectivity index (χ0n) is 6.63. The van der Waals surface area contributed by atoms with Crippen LogP contribution in [0.3, 0.4) is 0 Å². The van der Waals surface area contributed by atoms with Gasteiger partial charge in [-0.1, -0.05) is 0 Å². The molecule has 64 valence electrons. The molecule has 2 nitrogen and oxygen atoms in total. The van der Waals surface area contributed by atoms with E-state index in [0.29, 0.717) is 11.9 Å². The lowest BCUT2D eigenvalue weighted by molar-refractivity contribution is -0.0372. The van der Waals surface area contributed by atoms with Gasteiger partial charge in [0.25, 0.3) is 0 Å². The van der Waals surface area contributed by atoms with E-state index in [1.54, 1.807) is 0 Å². The first kappa shape index (κ1) is 7.84. The summed E-state index contributed by atoms with van der Waals surface area (Å²) in [6, 6.07) is 0.703. The molecule has 0 aromatic heterocycles.